The molecule has 1 unspecified atom stereocenters. The standard InChI is InChI=1S/C14H13Cl3N2O/c1-20-13-7-9(3-5-11(13)16)14(19-18)8-2-4-10(15)12(17)6-8/h2-7,14,19H,18H2,1H3. The SMILES string of the molecule is COc1cc(C(NN)c2ccc(Cl)c(Cl)c2)ccc1Cl. The second kappa shape index (κ2) is 6.66. The van der Waals surface area contributed by atoms with Crippen molar-refractivity contribution >= 4 is 34.8 Å². The fraction of sp³-hybridized carbons (Fsp3) is 0.143. The van der Waals surface area contributed by atoms with Crippen LogP contribution in [0.15, 0.2) is 36.4 Å². The molecule has 0 radical (unpaired) electrons. The van der Waals surface area contributed by atoms with E-state index in [1.54, 1.807) is 25.3 Å². The molecule has 0 aliphatic heterocycles. The van der Waals surface area contributed by atoms with Crippen LogP contribution in [0.4, 0.5) is 0 Å². The van der Waals surface area contributed by atoms with E-state index in [0.717, 1.165) is 11.1 Å². The van der Waals surface area contributed by atoms with E-state index in [0.29, 0.717) is 20.8 Å². The lowest BCUT2D eigenvalue weighted by molar-refractivity contribution is 0.414. The van der Waals surface area contributed by atoms with Crippen molar-refractivity contribution < 1.29 is 4.74 Å². The smallest absolute Gasteiger partial charge is 0.137 e. The van der Waals surface area contributed by atoms with Gasteiger partial charge in [0, 0.05) is 0 Å². The molecule has 2 aromatic rings. The number of nitrogens with one attached hydrogen (secondary N) is 1. The van der Waals surface area contributed by atoms with Gasteiger partial charge in [-0.3, -0.25) is 5.84 Å². The van der Waals surface area contributed by atoms with Crippen LogP contribution < -0.4 is 16.0 Å². The average molecular weight is 332 g/mol. The van der Waals surface area contributed by atoms with E-state index < -0.39 is 0 Å². The average Bonchev–Trinajstić information content (AvgIpc) is 2.45. The Bertz CT molecular complexity index is 619. The third-order valence-electron chi connectivity index (χ3n) is 2.95. The van der Waals surface area contributed by atoms with E-state index in [-0.39, 0.29) is 6.04 Å². The Balaban J connectivity index is 2.43. The highest BCUT2D eigenvalue weighted by atomic mass is 35.5. The number of benzene rings is 2. The minimum absolute atomic E-state index is 0.240. The van der Waals surface area contributed by atoms with Gasteiger partial charge in [-0.2, -0.15) is 0 Å². The minimum Gasteiger partial charge on any atom is -0.495 e. The summed E-state index contributed by atoms with van der Waals surface area (Å²) in [6.07, 6.45) is 0. The molecule has 0 aromatic heterocycles. The van der Waals surface area contributed by atoms with Crippen molar-refractivity contribution in [3.8, 4) is 5.75 Å². The molecule has 3 N–H and O–H groups in total. The summed E-state index contributed by atoms with van der Waals surface area (Å²) in [7, 11) is 1.56. The Kier molecular flexibility index (Phi) is 5.13. The Morgan fingerprint density at radius 1 is 0.950 bits per heavy atom. The Labute approximate surface area is 132 Å². The number of hydrogen-bond acceptors (Lipinski definition) is 3. The van der Waals surface area contributed by atoms with Gasteiger partial charge in [0.1, 0.15) is 5.75 Å². The maximum absolute atomic E-state index is 6.04. The van der Waals surface area contributed by atoms with Gasteiger partial charge in [0.05, 0.1) is 28.2 Å². The van der Waals surface area contributed by atoms with E-state index >= 15 is 0 Å². The molecule has 0 saturated heterocycles. The summed E-state index contributed by atoms with van der Waals surface area (Å²) in [5.74, 6) is 6.24. The topological polar surface area (TPSA) is 47.3 Å². The normalized spacial score (nSPS) is 12.2. The summed E-state index contributed by atoms with van der Waals surface area (Å²) < 4.78 is 5.21. The zero-order valence-electron chi connectivity index (χ0n) is 10.7. The van der Waals surface area contributed by atoms with Crippen LogP contribution in [0, 0.1) is 0 Å². The molecule has 0 amide bonds. The summed E-state index contributed by atoms with van der Waals surface area (Å²) in [4.78, 5) is 0. The highest BCUT2D eigenvalue weighted by Gasteiger charge is 2.15. The molecule has 2 rings (SSSR count). The molecule has 3 nitrogen and oxygen atoms in total. The largest absolute Gasteiger partial charge is 0.495 e. The van der Waals surface area contributed by atoms with E-state index in [1.165, 1.54) is 0 Å². The molecule has 0 heterocycles. The van der Waals surface area contributed by atoms with Gasteiger partial charge in [-0.15, -0.1) is 0 Å². The van der Waals surface area contributed by atoms with Crippen LogP contribution >= 0.6 is 34.8 Å². The van der Waals surface area contributed by atoms with Crippen molar-refractivity contribution in [2.75, 3.05) is 7.11 Å². The van der Waals surface area contributed by atoms with Crippen LogP contribution in [-0.2, 0) is 0 Å². The zero-order valence-corrected chi connectivity index (χ0v) is 12.9. The predicted octanol–water partition coefficient (Wildman–Crippen LogP) is 4.21. The molecule has 106 valence electrons. The van der Waals surface area contributed by atoms with Gasteiger partial charge < -0.3 is 4.74 Å². The van der Waals surface area contributed by atoms with Crippen molar-refractivity contribution in [2.24, 2.45) is 5.84 Å². The highest BCUT2D eigenvalue weighted by Crippen LogP contribution is 2.32. The van der Waals surface area contributed by atoms with Gasteiger partial charge in [0.25, 0.3) is 0 Å². The minimum atomic E-state index is -0.240. The van der Waals surface area contributed by atoms with Crippen LogP contribution in [-0.4, -0.2) is 7.11 Å². The van der Waals surface area contributed by atoms with Crippen molar-refractivity contribution in [1.29, 1.82) is 0 Å². The number of hydrogen-bond donors (Lipinski definition) is 2. The van der Waals surface area contributed by atoms with E-state index in [1.807, 2.05) is 18.2 Å². The van der Waals surface area contributed by atoms with Crippen molar-refractivity contribution in [3.05, 3.63) is 62.6 Å². The Morgan fingerprint density at radius 3 is 2.10 bits per heavy atom. The third kappa shape index (κ3) is 3.19. The lowest BCUT2D eigenvalue weighted by atomic mass is 9.99. The molecule has 0 spiro atoms. The highest BCUT2D eigenvalue weighted by molar-refractivity contribution is 6.42. The molecule has 6 heteroatoms. The van der Waals surface area contributed by atoms with Gasteiger partial charge in [0.15, 0.2) is 0 Å². The molecule has 0 bridgehead atoms. The number of rotatable bonds is 4. The summed E-state index contributed by atoms with van der Waals surface area (Å²) in [6, 6.07) is 10.6. The first-order chi connectivity index (χ1) is 9.56. The Hall–Kier alpha value is -0.970. The van der Waals surface area contributed by atoms with E-state index in [9.17, 15) is 0 Å². The van der Waals surface area contributed by atoms with Gasteiger partial charge in [-0.1, -0.05) is 46.9 Å². The second-order valence-corrected chi connectivity index (χ2v) is 5.39. The summed E-state index contributed by atoms with van der Waals surface area (Å²) in [6.45, 7) is 0. The van der Waals surface area contributed by atoms with Gasteiger partial charge in [-0.25, -0.2) is 5.43 Å². The van der Waals surface area contributed by atoms with Gasteiger partial charge >= 0.3 is 0 Å². The maximum atomic E-state index is 6.04. The fourth-order valence-electron chi connectivity index (χ4n) is 1.93. The van der Waals surface area contributed by atoms with Crippen LogP contribution in [0.25, 0.3) is 0 Å². The first-order valence-electron chi connectivity index (χ1n) is 5.81. The first kappa shape index (κ1) is 15.4. The van der Waals surface area contributed by atoms with E-state index in [4.69, 9.17) is 45.4 Å². The zero-order chi connectivity index (χ0) is 14.7. The second-order valence-electron chi connectivity index (χ2n) is 4.17. The monoisotopic (exact) mass is 330 g/mol. The number of halogens is 3. The van der Waals surface area contributed by atoms with Crippen molar-refractivity contribution in [3.63, 3.8) is 0 Å². The summed E-state index contributed by atoms with van der Waals surface area (Å²) in [5.41, 5.74) is 4.56. The van der Waals surface area contributed by atoms with Crippen LogP contribution in [0.1, 0.15) is 17.2 Å². The number of methoxy groups -OCH3 is 1. The molecule has 2 aromatic carbocycles. The summed E-state index contributed by atoms with van der Waals surface area (Å²) in [5, 5.41) is 1.52. The number of nitrogens with two attached hydrogens (primary N) is 1. The predicted molar refractivity (Wildman–Crippen MR) is 83.6 cm³/mol. The van der Waals surface area contributed by atoms with Crippen LogP contribution in [0.5, 0.6) is 5.75 Å². The number of ether oxygens (including phenoxy) is 1. The number of hydrazine groups is 1. The molecular formula is C14H13Cl3N2O. The fourth-order valence-corrected chi connectivity index (χ4v) is 2.43. The quantitative estimate of drug-likeness (QED) is 0.652. The van der Waals surface area contributed by atoms with Crippen molar-refractivity contribution in [1.82, 2.24) is 5.43 Å². The van der Waals surface area contributed by atoms with Crippen molar-refractivity contribution in [2.45, 2.75) is 6.04 Å². The van der Waals surface area contributed by atoms with Crippen LogP contribution in [0.3, 0.4) is 0 Å². The van der Waals surface area contributed by atoms with Gasteiger partial charge in [-0.05, 0) is 35.4 Å². The third-order valence-corrected chi connectivity index (χ3v) is 4.00. The molecule has 20 heavy (non-hydrogen) atoms. The van der Waals surface area contributed by atoms with Crippen LogP contribution in [0.2, 0.25) is 15.1 Å². The molecule has 0 fully saturated rings. The molecule has 0 saturated carbocycles. The maximum Gasteiger partial charge on any atom is 0.137 e. The lowest BCUT2D eigenvalue weighted by Crippen LogP contribution is -2.28. The van der Waals surface area contributed by atoms with E-state index in [2.05, 4.69) is 5.43 Å². The van der Waals surface area contributed by atoms with Gasteiger partial charge in [0.2, 0.25) is 0 Å². The summed E-state index contributed by atoms with van der Waals surface area (Å²) >= 11 is 18.0. The lowest BCUT2D eigenvalue weighted by Gasteiger charge is -2.18. The Morgan fingerprint density at radius 2 is 1.55 bits per heavy atom. The molecule has 0 aliphatic carbocycles. The molecule has 0 aliphatic rings. The molecular weight excluding hydrogens is 319 g/mol. The first-order valence-corrected chi connectivity index (χ1v) is 6.94. The molecule has 1 atom stereocenters.